The van der Waals surface area contributed by atoms with Crippen LogP contribution in [0.15, 0.2) is 36.4 Å². The summed E-state index contributed by atoms with van der Waals surface area (Å²) < 4.78 is 16.7. The molecule has 5 atom stereocenters. The second-order valence-electron chi connectivity index (χ2n) is 7.74. The third kappa shape index (κ3) is 4.96. The third-order valence-electron chi connectivity index (χ3n) is 5.46. The van der Waals surface area contributed by atoms with Crippen molar-refractivity contribution in [2.45, 2.75) is 50.2 Å². The molecular formula is C22H27ClO8. The first-order valence-electron chi connectivity index (χ1n) is 9.77. The minimum absolute atomic E-state index is 0.236. The normalized spacial score (nSPS) is 28.4. The van der Waals surface area contributed by atoms with Gasteiger partial charge >= 0.3 is 0 Å². The van der Waals surface area contributed by atoms with Gasteiger partial charge in [0.15, 0.2) is 0 Å². The van der Waals surface area contributed by atoms with Crippen LogP contribution in [0.25, 0.3) is 0 Å². The molecule has 2 aromatic rings. The second-order valence-corrected chi connectivity index (χ2v) is 8.15. The lowest BCUT2D eigenvalue weighted by Crippen LogP contribution is -2.65. The Bertz CT molecular complexity index is 890. The molecule has 3 rings (SSSR count). The Morgan fingerprint density at radius 3 is 2.29 bits per heavy atom. The molecule has 8 nitrogen and oxygen atoms in total. The molecule has 0 bridgehead atoms. The van der Waals surface area contributed by atoms with Gasteiger partial charge in [0.1, 0.15) is 35.4 Å². The maximum atomic E-state index is 10.4. The van der Waals surface area contributed by atoms with Gasteiger partial charge in [0.2, 0.25) is 6.29 Å². The summed E-state index contributed by atoms with van der Waals surface area (Å²) >= 11 is 6.46. The second kappa shape index (κ2) is 9.70. The fraction of sp³-hybridized carbons (Fsp3) is 0.455. The zero-order valence-corrected chi connectivity index (χ0v) is 18.0. The van der Waals surface area contributed by atoms with Gasteiger partial charge in [-0.25, -0.2) is 0 Å². The summed E-state index contributed by atoms with van der Waals surface area (Å²) in [4.78, 5) is 0. The van der Waals surface area contributed by atoms with Crippen LogP contribution < -0.4 is 9.47 Å². The number of methoxy groups -OCH3 is 1. The van der Waals surface area contributed by atoms with E-state index in [2.05, 4.69) is 0 Å². The molecule has 0 radical (unpaired) electrons. The van der Waals surface area contributed by atoms with Gasteiger partial charge in [-0.15, -0.1) is 0 Å². The molecule has 1 saturated heterocycles. The van der Waals surface area contributed by atoms with E-state index in [4.69, 9.17) is 25.8 Å². The highest BCUT2D eigenvalue weighted by atomic mass is 35.5. The number of benzene rings is 2. The Morgan fingerprint density at radius 1 is 1.03 bits per heavy atom. The van der Waals surface area contributed by atoms with E-state index in [0.717, 1.165) is 5.56 Å². The van der Waals surface area contributed by atoms with Crippen LogP contribution in [0.4, 0.5) is 0 Å². The Hall–Kier alpha value is -1.91. The molecule has 0 unspecified atom stereocenters. The fourth-order valence-electron chi connectivity index (χ4n) is 3.44. The molecule has 1 fully saturated rings. The van der Waals surface area contributed by atoms with E-state index < -0.39 is 36.8 Å². The topological polar surface area (TPSA) is 129 Å². The number of ether oxygens (including phenoxy) is 3. The van der Waals surface area contributed by atoms with Gasteiger partial charge in [0.05, 0.1) is 20.3 Å². The van der Waals surface area contributed by atoms with Crippen LogP contribution in [-0.4, -0.2) is 69.5 Å². The highest BCUT2D eigenvalue weighted by Gasteiger charge is 2.51. The lowest BCUT2D eigenvalue weighted by Gasteiger charge is -2.45. The van der Waals surface area contributed by atoms with Crippen LogP contribution in [0.5, 0.6) is 11.5 Å². The zero-order chi connectivity index (χ0) is 22.8. The molecule has 170 valence electrons. The Kier molecular flexibility index (Phi) is 7.43. The van der Waals surface area contributed by atoms with E-state index in [0.29, 0.717) is 28.3 Å². The maximum Gasteiger partial charge on any atom is 0.229 e. The van der Waals surface area contributed by atoms with Gasteiger partial charge in [-0.1, -0.05) is 23.7 Å². The largest absolute Gasteiger partial charge is 0.497 e. The molecule has 1 heterocycles. The van der Waals surface area contributed by atoms with Crippen LogP contribution in [0.2, 0.25) is 5.02 Å². The molecule has 1 aliphatic heterocycles. The van der Waals surface area contributed by atoms with Gasteiger partial charge in [-0.05, 0) is 42.3 Å². The molecule has 0 aliphatic carbocycles. The minimum Gasteiger partial charge on any atom is -0.497 e. The van der Waals surface area contributed by atoms with E-state index in [1.807, 2.05) is 24.3 Å². The molecule has 0 spiro atoms. The molecular weight excluding hydrogens is 428 g/mol. The molecule has 0 amide bonds. The standard InChI is InChI=1S/C22H27ClO8/c1-22(11-25)20(28)18(26)19(27)21(31-22)30-17-9-13(10-24)8-16(23)15(17)7-12-3-5-14(29-2)6-4-12/h3-6,8-9,18-21,24-28H,7,10-11H2,1-2H3/t18-,19-,20+,21+,22-/m1/s1. The van der Waals surface area contributed by atoms with Crippen molar-refractivity contribution >= 4 is 11.6 Å². The van der Waals surface area contributed by atoms with Crippen molar-refractivity contribution in [3.63, 3.8) is 0 Å². The van der Waals surface area contributed by atoms with E-state index in [1.165, 1.54) is 6.92 Å². The SMILES string of the molecule is COc1ccc(Cc2c(Cl)cc(CO)cc2O[C@H]2O[C@](C)(CO)[C@@H](O)[C@H](O)[C@H]2O)cc1. The van der Waals surface area contributed by atoms with Crippen LogP contribution in [-0.2, 0) is 17.8 Å². The van der Waals surface area contributed by atoms with Crippen LogP contribution >= 0.6 is 11.6 Å². The van der Waals surface area contributed by atoms with E-state index >= 15 is 0 Å². The van der Waals surface area contributed by atoms with Crippen molar-refractivity contribution < 1.29 is 39.7 Å². The van der Waals surface area contributed by atoms with Gasteiger partial charge in [-0.3, -0.25) is 0 Å². The van der Waals surface area contributed by atoms with Crippen LogP contribution in [0.3, 0.4) is 0 Å². The van der Waals surface area contributed by atoms with Gasteiger partial charge < -0.3 is 39.7 Å². The lowest BCUT2D eigenvalue weighted by atomic mass is 9.89. The van der Waals surface area contributed by atoms with Crippen molar-refractivity contribution in [1.82, 2.24) is 0 Å². The zero-order valence-electron chi connectivity index (χ0n) is 17.2. The Morgan fingerprint density at radius 2 is 1.71 bits per heavy atom. The molecule has 5 N–H and O–H groups in total. The van der Waals surface area contributed by atoms with E-state index in [9.17, 15) is 25.5 Å². The number of rotatable bonds is 7. The predicted molar refractivity (Wildman–Crippen MR) is 112 cm³/mol. The Balaban J connectivity index is 1.94. The summed E-state index contributed by atoms with van der Waals surface area (Å²) in [6.07, 6.45) is -5.72. The van der Waals surface area contributed by atoms with Crippen molar-refractivity contribution in [3.8, 4) is 11.5 Å². The summed E-state index contributed by atoms with van der Waals surface area (Å²) in [5, 5.41) is 50.3. The smallest absolute Gasteiger partial charge is 0.229 e. The first-order valence-corrected chi connectivity index (χ1v) is 10.1. The van der Waals surface area contributed by atoms with Gasteiger partial charge in [-0.2, -0.15) is 0 Å². The summed E-state index contributed by atoms with van der Waals surface area (Å²) in [7, 11) is 1.58. The lowest BCUT2D eigenvalue weighted by molar-refractivity contribution is -0.313. The van der Waals surface area contributed by atoms with Crippen molar-refractivity contribution in [2.75, 3.05) is 13.7 Å². The average molecular weight is 455 g/mol. The first-order chi connectivity index (χ1) is 14.7. The molecule has 1 aliphatic rings. The Labute approximate surface area is 185 Å². The maximum absolute atomic E-state index is 10.4. The summed E-state index contributed by atoms with van der Waals surface area (Å²) in [5.41, 5.74) is 0.420. The predicted octanol–water partition coefficient (Wildman–Crippen LogP) is 1.00. The number of hydrogen-bond acceptors (Lipinski definition) is 8. The summed E-state index contributed by atoms with van der Waals surface area (Å²) in [6, 6.07) is 10.5. The molecule has 0 aromatic heterocycles. The third-order valence-corrected chi connectivity index (χ3v) is 5.79. The van der Waals surface area contributed by atoms with E-state index in [-0.39, 0.29) is 12.4 Å². The van der Waals surface area contributed by atoms with Crippen LogP contribution in [0, 0.1) is 0 Å². The molecule has 31 heavy (non-hydrogen) atoms. The van der Waals surface area contributed by atoms with Crippen molar-refractivity contribution in [2.24, 2.45) is 0 Å². The number of hydrogen-bond donors (Lipinski definition) is 5. The summed E-state index contributed by atoms with van der Waals surface area (Å²) in [5.74, 6) is 0.941. The van der Waals surface area contributed by atoms with Crippen molar-refractivity contribution in [3.05, 3.63) is 58.1 Å². The molecule has 9 heteroatoms. The minimum atomic E-state index is -1.60. The summed E-state index contributed by atoms with van der Waals surface area (Å²) in [6.45, 7) is 0.509. The highest BCUT2D eigenvalue weighted by Crippen LogP contribution is 2.36. The first kappa shape index (κ1) is 23.7. The highest BCUT2D eigenvalue weighted by molar-refractivity contribution is 6.31. The molecule has 2 aromatic carbocycles. The number of aliphatic hydroxyl groups excluding tert-OH is 5. The van der Waals surface area contributed by atoms with E-state index in [1.54, 1.807) is 19.2 Å². The van der Waals surface area contributed by atoms with Crippen molar-refractivity contribution in [1.29, 1.82) is 0 Å². The number of aliphatic hydroxyl groups is 5. The monoisotopic (exact) mass is 454 g/mol. The molecule has 0 saturated carbocycles. The fourth-order valence-corrected chi connectivity index (χ4v) is 3.74. The van der Waals surface area contributed by atoms with Gasteiger partial charge in [0.25, 0.3) is 0 Å². The number of halogens is 1. The van der Waals surface area contributed by atoms with Gasteiger partial charge in [0, 0.05) is 17.0 Å². The average Bonchev–Trinajstić information content (AvgIpc) is 2.78. The quantitative estimate of drug-likeness (QED) is 0.419. The van der Waals surface area contributed by atoms with Crippen LogP contribution in [0.1, 0.15) is 23.6 Å².